The van der Waals surface area contributed by atoms with E-state index in [1.807, 2.05) is 63.2 Å². The molecule has 30 heavy (non-hydrogen) atoms. The maximum atomic E-state index is 11.4. The number of thiazole rings is 1. The summed E-state index contributed by atoms with van der Waals surface area (Å²) in [6.45, 7) is 7.45. The lowest BCUT2D eigenvalue weighted by Crippen LogP contribution is -1.94. The maximum Gasteiger partial charge on any atom is 0.347 e. The molecule has 4 aromatic rings. The minimum atomic E-state index is -0.971. The Balaban J connectivity index is 1.85. The molecule has 1 N–H and O–H groups in total. The standard InChI is InChI=1S/C23H20N2O4S/c1-12-6-5-7-17(10-12)28-19-9-8-16(22-24-14(3)21(30-22)23(26)27)11-18(19)20-13(2)25-29-15(20)4/h5-11H,1-4H3,(H,26,27). The van der Waals surface area contributed by atoms with Crippen molar-refractivity contribution in [1.29, 1.82) is 0 Å². The maximum absolute atomic E-state index is 11.4. The van der Waals surface area contributed by atoms with Crippen LogP contribution in [0.15, 0.2) is 47.0 Å². The fourth-order valence-corrected chi connectivity index (χ4v) is 4.24. The molecule has 0 unspecified atom stereocenters. The third-order valence-corrected chi connectivity index (χ3v) is 5.93. The molecule has 0 amide bonds. The van der Waals surface area contributed by atoms with E-state index in [1.54, 1.807) is 6.92 Å². The Morgan fingerprint density at radius 3 is 2.50 bits per heavy atom. The summed E-state index contributed by atoms with van der Waals surface area (Å²) in [7, 11) is 0. The summed E-state index contributed by atoms with van der Waals surface area (Å²) >= 11 is 1.16. The van der Waals surface area contributed by atoms with Gasteiger partial charge in [0.2, 0.25) is 0 Å². The molecule has 2 heterocycles. The molecule has 0 atom stereocenters. The fourth-order valence-electron chi connectivity index (χ4n) is 3.34. The first-order valence-electron chi connectivity index (χ1n) is 9.36. The van der Waals surface area contributed by atoms with Gasteiger partial charge in [-0.2, -0.15) is 0 Å². The molecule has 0 bridgehead atoms. The summed E-state index contributed by atoms with van der Waals surface area (Å²) < 4.78 is 11.6. The molecule has 2 aromatic carbocycles. The molecule has 0 radical (unpaired) electrons. The summed E-state index contributed by atoms with van der Waals surface area (Å²) in [6, 6.07) is 13.5. The molecular formula is C23H20N2O4S. The molecule has 6 nitrogen and oxygen atoms in total. The van der Waals surface area contributed by atoms with Gasteiger partial charge in [0.05, 0.1) is 17.0 Å². The Hall–Kier alpha value is -3.45. The average Bonchev–Trinajstić information content (AvgIpc) is 3.24. The van der Waals surface area contributed by atoms with Crippen LogP contribution in [-0.4, -0.2) is 21.2 Å². The summed E-state index contributed by atoms with van der Waals surface area (Å²) in [5.41, 5.74) is 4.83. The number of carboxylic acid groups (broad SMARTS) is 1. The lowest BCUT2D eigenvalue weighted by atomic mass is 10.0. The number of ether oxygens (including phenoxy) is 1. The first-order valence-corrected chi connectivity index (χ1v) is 10.2. The van der Waals surface area contributed by atoms with Gasteiger partial charge in [0.25, 0.3) is 0 Å². The second kappa shape index (κ2) is 7.76. The summed E-state index contributed by atoms with van der Waals surface area (Å²) in [5.74, 6) is 1.10. The zero-order valence-corrected chi connectivity index (χ0v) is 17.8. The van der Waals surface area contributed by atoms with Crippen LogP contribution in [0.3, 0.4) is 0 Å². The number of rotatable bonds is 5. The Bertz CT molecular complexity index is 1240. The molecular weight excluding hydrogens is 400 g/mol. The SMILES string of the molecule is Cc1cccc(Oc2ccc(-c3nc(C)c(C(=O)O)s3)cc2-c2c(C)noc2C)c1. The third kappa shape index (κ3) is 3.71. The van der Waals surface area contributed by atoms with Crippen LogP contribution in [0.2, 0.25) is 0 Å². The first-order chi connectivity index (χ1) is 14.3. The number of hydrogen-bond donors (Lipinski definition) is 1. The quantitative estimate of drug-likeness (QED) is 0.414. The van der Waals surface area contributed by atoms with Crippen molar-refractivity contribution < 1.29 is 19.2 Å². The van der Waals surface area contributed by atoms with Crippen LogP contribution < -0.4 is 4.74 Å². The van der Waals surface area contributed by atoms with Crippen LogP contribution in [0.5, 0.6) is 11.5 Å². The molecule has 7 heteroatoms. The normalized spacial score (nSPS) is 10.9. The van der Waals surface area contributed by atoms with Gasteiger partial charge >= 0.3 is 5.97 Å². The van der Waals surface area contributed by atoms with Crippen molar-refractivity contribution in [2.75, 3.05) is 0 Å². The van der Waals surface area contributed by atoms with E-state index in [0.717, 1.165) is 45.0 Å². The van der Waals surface area contributed by atoms with Crippen molar-refractivity contribution in [3.63, 3.8) is 0 Å². The van der Waals surface area contributed by atoms with Gasteiger partial charge in [-0.3, -0.25) is 0 Å². The third-order valence-electron chi connectivity index (χ3n) is 4.74. The minimum Gasteiger partial charge on any atom is -0.477 e. The number of aromatic carboxylic acids is 1. The van der Waals surface area contributed by atoms with E-state index in [4.69, 9.17) is 9.26 Å². The van der Waals surface area contributed by atoms with E-state index < -0.39 is 5.97 Å². The highest BCUT2D eigenvalue weighted by molar-refractivity contribution is 7.17. The predicted octanol–water partition coefficient (Wildman–Crippen LogP) is 6.19. The zero-order valence-electron chi connectivity index (χ0n) is 17.0. The Kier molecular flexibility index (Phi) is 5.13. The average molecular weight is 420 g/mol. The van der Waals surface area contributed by atoms with Gasteiger partial charge in [-0.05, 0) is 63.6 Å². The van der Waals surface area contributed by atoms with E-state index in [2.05, 4.69) is 10.1 Å². The van der Waals surface area contributed by atoms with Crippen LogP contribution in [0.25, 0.3) is 21.7 Å². The summed E-state index contributed by atoms with van der Waals surface area (Å²) in [5, 5.41) is 14.1. The van der Waals surface area contributed by atoms with Gasteiger partial charge in [0.1, 0.15) is 27.1 Å². The van der Waals surface area contributed by atoms with Crippen molar-refractivity contribution >= 4 is 17.3 Å². The van der Waals surface area contributed by atoms with Gasteiger partial charge < -0.3 is 14.4 Å². The number of nitrogens with zero attached hydrogens (tertiary/aromatic N) is 2. The van der Waals surface area contributed by atoms with Gasteiger partial charge in [-0.15, -0.1) is 11.3 Å². The van der Waals surface area contributed by atoms with Crippen molar-refractivity contribution in [2.24, 2.45) is 0 Å². The second-order valence-corrected chi connectivity index (χ2v) is 8.07. The van der Waals surface area contributed by atoms with Gasteiger partial charge in [0.15, 0.2) is 0 Å². The molecule has 0 saturated heterocycles. The van der Waals surface area contributed by atoms with Gasteiger partial charge in [-0.1, -0.05) is 17.3 Å². The second-order valence-electron chi connectivity index (χ2n) is 7.07. The highest BCUT2D eigenvalue weighted by atomic mass is 32.1. The van der Waals surface area contributed by atoms with Gasteiger partial charge in [0, 0.05) is 11.1 Å². The topological polar surface area (TPSA) is 85.5 Å². The Labute approximate surface area is 177 Å². The molecule has 0 spiro atoms. The van der Waals surface area contributed by atoms with Crippen LogP contribution in [0, 0.1) is 27.7 Å². The van der Waals surface area contributed by atoms with Crippen LogP contribution in [0.4, 0.5) is 0 Å². The number of benzene rings is 2. The molecule has 0 aliphatic rings. The molecule has 2 aromatic heterocycles. The van der Waals surface area contributed by atoms with E-state index in [9.17, 15) is 9.90 Å². The first kappa shape index (κ1) is 19.8. The molecule has 0 fully saturated rings. The highest BCUT2D eigenvalue weighted by Gasteiger charge is 2.20. The zero-order chi connectivity index (χ0) is 21.4. The fraction of sp³-hybridized carbons (Fsp3) is 0.174. The highest BCUT2D eigenvalue weighted by Crippen LogP contribution is 2.40. The van der Waals surface area contributed by atoms with E-state index in [1.165, 1.54) is 0 Å². The van der Waals surface area contributed by atoms with Crippen LogP contribution in [0.1, 0.15) is 32.4 Å². The summed E-state index contributed by atoms with van der Waals surface area (Å²) in [6.07, 6.45) is 0. The lowest BCUT2D eigenvalue weighted by molar-refractivity contribution is 0.0701. The number of carboxylic acids is 1. The number of hydrogen-bond acceptors (Lipinski definition) is 6. The van der Waals surface area contributed by atoms with Crippen molar-refractivity contribution in [2.45, 2.75) is 27.7 Å². The lowest BCUT2D eigenvalue weighted by Gasteiger charge is -2.13. The van der Waals surface area contributed by atoms with E-state index >= 15 is 0 Å². The number of aromatic nitrogens is 2. The predicted molar refractivity (Wildman–Crippen MR) is 115 cm³/mol. The van der Waals surface area contributed by atoms with E-state index in [-0.39, 0.29) is 4.88 Å². The van der Waals surface area contributed by atoms with Crippen LogP contribution in [-0.2, 0) is 0 Å². The molecule has 152 valence electrons. The summed E-state index contributed by atoms with van der Waals surface area (Å²) in [4.78, 5) is 16.1. The monoisotopic (exact) mass is 420 g/mol. The van der Waals surface area contributed by atoms with Crippen molar-refractivity contribution in [3.05, 3.63) is 70.1 Å². The molecule has 0 aliphatic carbocycles. The van der Waals surface area contributed by atoms with Crippen molar-refractivity contribution in [3.8, 4) is 33.2 Å². The number of carbonyl (C=O) groups is 1. The Morgan fingerprint density at radius 2 is 1.87 bits per heavy atom. The largest absolute Gasteiger partial charge is 0.477 e. The van der Waals surface area contributed by atoms with Crippen molar-refractivity contribution in [1.82, 2.24) is 10.1 Å². The smallest absolute Gasteiger partial charge is 0.347 e. The Morgan fingerprint density at radius 1 is 1.07 bits per heavy atom. The number of aryl methyl sites for hydroxylation is 4. The van der Waals surface area contributed by atoms with Crippen LogP contribution >= 0.6 is 11.3 Å². The molecule has 4 rings (SSSR count). The van der Waals surface area contributed by atoms with E-state index in [0.29, 0.717) is 22.2 Å². The van der Waals surface area contributed by atoms with Gasteiger partial charge in [-0.25, -0.2) is 9.78 Å². The molecule has 0 aliphatic heterocycles. The molecule has 0 saturated carbocycles. The minimum absolute atomic E-state index is 0.240.